The first-order valence-corrected chi connectivity index (χ1v) is 8.84. The number of phenolic OH excluding ortho intramolecular Hbond substituents is 1. The quantitative estimate of drug-likeness (QED) is 0.291. The van der Waals surface area contributed by atoms with E-state index in [9.17, 15) is 23.3 Å². The van der Waals surface area contributed by atoms with Crippen molar-refractivity contribution in [3.63, 3.8) is 0 Å². The van der Waals surface area contributed by atoms with Crippen LogP contribution in [-0.4, -0.2) is 38.7 Å². The predicted octanol–water partition coefficient (Wildman–Crippen LogP) is 1.80. The van der Waals surface area contributed by atoms with Crippen molar-refractivity contribution < 1.29 is 18.1 Å². The van der Waals surface area contributed by atoms with Crippen molar-refractivity contribution in [1.82, 2.24) is 20.6 Å². The van der Waals surface area contributed by atoms with Gasteiger partial charge in [-0.2, -0.15) is 18.9 Å². The monoisotopic (exact) mass is 384 g/mol. The molecule has 0 fully saturated rings. The molecule has 0 aliphatic rings. The van der Waals surface area contributed by atoms with Gasteiger partial charge < -0.3 is 10.4 Å². The molecule has 4 N–H and O–H groups in total. The molecule has 136 valence electrons. The van der Waals surface area contributed by atoms with Gasteiger partial charge in [-0.1, -0.05) is 30.3 Å². The van der Waals surface area contributed by atoms with Crippen molar-refractivity contribution in [3.8, 4) is 22.9 Å². The zero-order valence-electron chi connectivity index (χ0n) is 13.5. The third kappa shape index (κ3) is 3.92. The van der Waals surface area contributed by atoms with Gasteiger partial charge >= 0.3 is 0 Å². The number of rotatable bonds is 5. The number of nitrogens with zero attached hydrogens (tertiary/aromatic N) is 4. The largest absolute Gasteiger partial charge is 0.505 e. The van der Waals surface area contributed by atoms with Gasteiger partial charge in [0, 0.05) is 11.8 Å². The molecule has 2 aromatic carbocycles. The van der Waals surface area contributed by atoms with Crippen LogP contribution in [0.25, 0.3) is 16.7 Å². The molecule has 10 nitrogen and oxygen atoms in total. The number of aromatic amines is 1. The fourth-order valence-electron chi connectivity index (χ4n) is 2.28. The van der Waals surface area contributed by atoms with Crippen molar-refractivity contribution in [1.29, 1.82) is 5.26 Å². The summed E-state index contributed by atoms with van der Waals surface area (Å²) in [6, 6.07) is 12.6. The third-order valence-corrected chi connectivity index (χ3v) is 4.38. The lowest BCUT2D eigenvalue weighted by molar-refractivity contribution is 0.476. The number of nitrogens with one attached hydrogen (secondary N) is 2. The maximum Gasteiger partial charge on any atom is 0.294 e. The fraction of sp³-hybridized carbons (Fsp3) is 0. The Hall–Kier alpha value is -3.75. The van der Waals surface area contributed by atoms with Crippen LogP contribution >= 0.6 is 0 Å². The molecule has 0 bridgehead atoms. The second kappa shape index (κ2) is 7.24. The van der Waals surface area contributed by atoms with E-state index >= 15 is 0 Å². The Labute approximate surface area is 153 Å². The molecule has 0 aliphatic carbocycles. The lowest BCUT2D eigenvalue weighted by atomic mass is 10.0. The summed E-state index contributed by atoms with van der Waals surface area (Å²) < 4.78 is 32.6. The predicted molar refractivity (Wildman–Crippen MR) is 94.7 cm³/mol. The highest BCUT2D eigenvalue weighted by molar-refractivity contribution is 7.85. The summed E-state index contributed by atoms with van der Waals surface area (Å²) in [7, 11) is -4.54. The van der Waals surface area contributed by atoms with E-state index in [2.05, 4.69) is 25.9 Å². The second-order valence-corrected chi connectivity index (χ2v) is 6.68. The minimum Gasteiger partial charge on any atom is -0.505 e. The Morgan fingerprint density at radius 1 is 1.26 bits per heavy atom. The maximum absolute atomic E-state index is 11.6. The molecule has 0 unspecified atom stereocenters. The number of allylic oxidation sites excluding steroid dienone is 1. The van der Waals surface area contributed by atoms with Gasteiger partial charge in [0.2, 0.25) is 5.82 Å². The van der Waals surface area contributed by atoms with Crippen molar-refractivity contribution in [2.45, 2.75) is 4.90 Å². The Morgan fingerprint density at radius 2 is 2.00 bits per heavy atom. The number of aromatic hydroxyl groups is 1. The smallest absolute Gasteiger partial charge is 0.294 e. The van der Waals surface area contributed by atoms with E-state index in [0.717, 1.165) is 12.1 Å². The van der Waals surface area contributed by atoms with Crippen LogP contribution in [0, 0.1) is 11.3 Å². The van der Waals surface area contributed by atoms with Crippen LogP contribution in [0.3, 0.4) is 0 Å². The Bertz CT molecular complexity index is 1140. The molecular formula is C16H12N6O4S. The number of tetrazole rings is 1. The number of phenols is 1. The number of H-pyrrole nitrogens is 1. The van der Waals surface area contributed by atoms with Gasteiger partial charge in [0.05, 0.1) is 10.6 Å². The van der Waals surface area contributed by atoms with Crippen LogP contribution in [0.5, 0.6) is 5.75 Å². The number of benzene rings is 2. The lowest BCUT2D eigenvalue weighted by Gasteiger charge is -2.12. The third-order valence-electron chi connectivity index (χ3n) is 3.54. The van der Waals surface area contributed by atoms with Crippen LogP contribution in [0.1, 0.15) is 5.82 Å². The summed E-state index contributed by atoms with van der Waals surface area (Å²) in [6.45, 7) is 0. The number of hydrogen-bond acceptors (Lipinski definition) is 8. The van der Waals surface area contributed by atoms with Crippen molar-refractivity contribution in [3.05, 3.63) is 54.5 Å². The fourth-order valence-corrected chi connectivity index (χ4v) is 2.81. The van der Waals surface area contributed by atoms with Crippen molar-refractivity contribution in [2.24, 2.45) is 0 Å². The highest BCUT2D eigenvalue weighted by atomic mass is 32.2. The van der Waals surface area contributed by atoms with E-state index in [1.807, 2.05) is 6.07 Å². The van der Waals surface area contributed by atoms with Gasteiger partial charge in [0.25, 0.3) is 10.1 Å². The maximum atomic E-state index is 11.6. The molecule has 1 heterocycles. The summed E-state index contributed by atoms with van der Waals surface area (Å²) in [5.41, 5.74) is 0.660. The minimum atomic E-state index is -4.54. The number of hydrogen-bond donors (Lipinski definition) is 4. The first-order chi connectivity index (χ1) is 12.9. The van der Waals surface area contributed by atoms with Crippen LogP contribution in [0.4, 0.5) is 5.69 Å². The van der Waals surface area contributed by atoms with Gasteiger partial charge in [-0.25, -0.2) is 0 Å². The average Bonchev–Trinajstić information content (AvgIpc) is 3.18. The molecule has 1 aromatic heterocycles. The van der Waals surface area contributed by atoms with Crippen LogP contribution < -0.4 is 5.32 Å². The van der Waals surface area contributed by atoms with Crippen LogP contribution in [0.15, 0.2) is 53.6 Å². The molecule has 0 spiro atoms. The van der Waals surface area contributed by atoms with E-state index in [0.29, 0.717) is 5.56 Å². The summed E-state index contributed by atoms with van der Waals surface area (Å²) in [5.74, 6) is -0.256. The summed E-state index contributed by atoms with van der Waals surface area (Å²) in [5, 5.41) is 35.3. The van der Waals surface area contributed by atoms with E-state index < -0.39 is 15.0 Å². The van der Waals surface area contributed by atoms with E-state index in [-0.39, 0.29) is 28.4 Å². The normalized spacial score (nSPS) is 11.8. The molecule has 0 saturated heterocycles. The first-order valence-electron chi connectivity index (χ1n) is 7.40. The minimum absolute atomic E-state index is 0.0123. The van der Waals surface area contributed by atoms with Gasteiger partial charge in [0.15, 0.2) is 0 Å². The molecule has 0 amide bonds. The van der Waals surface area contributed by atoms with E-state index in [1.54, 1.807) is 30.3 Å². The summed E-state index contributed by atoms with van der Waals surface area (Å²) in [6.07, 6.45) is 1.18. The molecule has 11 heteroatoms. The standard InChI is InChI=1S/C16H12N6O4S/c17-8-11(16-19-21-22-20-16)9-18-14-7-12(27(24,25)26)6-13(15(14)23)10-4-2-1-3-5-10/h1-7,9,18,23H,(H,24,25,26)(H,19,20,21,22). The highest BCUT2D eigenvalue weighted by Gasteiger charge is 2.18. The first kappa shape index (κ1) is 18.1. The van der Waals surface area contributed by atoms with Gasteiger partial charge in [-0.3, -0.25) is 4.55 Å². The topological polar surface area (TPSA) is 165 Å². The molecule has 3 rings (SSSR count). The Kier molecular flexibility index (Phi) is 4.84. The molecular weight excluding hydrogens is 372 g/mol. The number of nitriles is 1. The zero-order chi connectivity index (χ0) is 19.4. The zero-order valence-corrected chi connectivity index (χ0v) is 14.3. The van der Waals surface area contributed by atoms with Crippen molar-refractivity contribution in [2.75, 3.05) is 5.32 Å². The lowest BCUT2D eigenvalue weighted by Crippen LogP contribution is -2.01. The summed E-state index contributed by atoms with van der Waals surface area (Å²) in [4.78, 5) is -0.423. The van der Waals surface area contributed by atoms with E-state index in [4.69, 9.17) is 0 Å². The van der Waals surface area contributed by atoms with Crippen LogP contribution in [-0.2, 0) is 10.1 Å². The van der Waals surface area contributed by atoms with Gasteiger partial charge in [-0.15, -0.1) is 10.2 Å². The van der Waals surface area contributed by atoms with Gasteiger partial charge in [-0.05, 0) is 22.9 Å². The Balaban J connectivity index is 2.11. The van der Waals surface area contributed by atoms with Crippen molar-refractivity contribution >= 4 is 21.4 Å². The highest BCUT2D eigenvalue weighted by Crippen LogP contribution is 2.38. The molecule has 0 saturated carbocycles. The molecule has 0 radical (unpaired) electrons. The van der Waals surface area contributed by atoms with Gasteiger partial charge in [0.1, 0.15) is 17.4 Å². The van der Waals surface area contributed by atoms with E-state index in [1.165, 1.54) is 6.20 Å². The SMILES string of the molecule is N#CC(=CNc1cc(S(=O)(=O)O)cc(-c2ccccc2)c1O)c1nn[nH]n1. The van der Waals surface area contributed by atoms with Crippen LogP contribution in [0.2, 0.25) is 0 Å². The Morgan fingerprint density at radius 3 is 2.59 bits per heavy atom. The molecule has 27 heavy (non-hydrogen) atoms. The average molecular weight is 384 g/mol. The second-order valence-electron chi connectivity index (χ2n) is 5.26. The molecule has 0 atom stereocenters. The number of aromatic nitrogens is 4. The molecule has 0 aliphatic heterocycles. The number of anilines is 1. The molecule has 3 aromatic rings. The summed E-state index contributed by atoms with van der Waals surface area (Å²) >= 11 is 0.